The monoisotopic (exact) mass is 286 g/mol. The van der Waals surface area contributed by atoms with E-state index in [0.29, 0.717) is 4.90 Å². The lowest BCUT2D eigenvalue weighted by Gasteiger charge is -2.19. The molecule has 19 heavy (non-hydrogen) atoms. The summed E-state index contributed by atoms with van der Waals surface area (Å²) in [5.74, 6) is 0. The fourth-order valence-corrected chi connectivity index (χ4v) is 2.30. The summed E-state index contributed by atoms with van der Waals surface area (Å²) in [7, 11) is 1.39. The van der Waals surface area contributed by atoms with E-state index in [4.69, 9.17) is 4.18 Å². The molecule has 0 atom stereocenters. The van der Waals surface area contributed by atoms with E-state index in [9.17, 15) is 20.2 Å². The van der Waals surface area contributed by atoms with Crippen molar-refractivity contribution in [2.24, 2.45) is 0 Å². The van der Waals surface area contributed by atoms with Gasteiger partial charge in [0.25, 0.3) is 11.4 Å². The molecule has 7 nitrogen and oxygen atoms in total. The first kappa shape index (κ1) is 15.4. The van der Waals surface area contributed by atoms with Gasteiger partial charge in [0.2, 0.25) is 0 Å². The molecule has 0 saturated heterocycles. The predicted octanol–water partition coefficient (Wildman–Crippen LogP) is 3.45. The molecule has 0 amide bonds. The second-order valence-corrected chi connectivity index (χ2v) is 5.82. The molecule has 0 aliphatic carbocycles. The zero-order valence-corrected chi connectivity index (χ0v) is 11.8. The Bertz CT molecular complexity index is 489. The summed E-state index contributed by atoms with van der Waals surface area (Å²) in [4.78, 5) is 21.4. The van der Waals surface area contributed by atoms with Gasteiger partial charge in [0, 0.05) is 34.5 Å². The molecule has 104 valence electrons. The third-order valence-corrected chi connectivity index (χ3v) is 2.99. The summed E-state index contributed by atoms with van der Waals surface area (Å²) in [5, 5.41) is 22.3. The van der Waals surface area contributed by atoms with Crippen LogP contribution in [0, 0.1) is 20.2 Å². The molecule has 0 aliphatic rings. The van der Waals surface area contributed by atoms with Crippen LogP contribution in [-0.2, 0) is 9.60 Å². The Morgan fingerprint density at radius 1 is 1.11 bits per heavy atom. The number of hydrogen-bond donors (Lipinski definition) is 0. The molecule has 0 fully saturated rings. The Labute approximate surface area is 114 Å². The van der Waals surface area contributed by atoms with E-state index in [1.807, 2.05) is 0 Å². The average molecular weight is 286 g/mol. The van der Waals surface area contributed by atoms with Crippen molar-refractivity contribution in [1.29, 1.82) is 0 Å². The van der Waals surface area contributed by atoms with Gasteiger partial charge in [-0.3, -0.25) is 20.2 Å². The lowest BCUT2D eigenvalue weighted by Crippen LogP contribution is -2.16. The van der Waals surface area contributed by atoms with Crippen molar-refractivity contribution in [2.75, 3.05) is 7.11 Å². The van der Waals surface area contributed by atoms with Crippen LogP contribution >= 0.6 is 12.0 Å². The summed E-state index contributed by atoms with van der Waals surface area (Å²) >= 11 is 0.849. The number of benzene rings is 1. The molecular weight excluding hydrogens is 272 g/mol. The Morgan fingerprint density at radius 3 is 1.79 bits per heavy atom. The van der Waals surface area contributed by atoms with Crippen LogP contribution in [0.2, 0.25) is 0 Å². The largest absolute Gasteiger partial charge is 0.314 e. The van der Waals surface area contributed by atoms with Crippen molar-refractivity contribution in [3.8, 4) is 0 Å². The number of nitro benzene ring substituents is 2. The van der Waals surface area contributed by atoms with Gasteiger partial charge in [-0.2, -0.15) is 0 Å². The third kappa shape index (κ3) is 3.42. The van der Waals surface area contributed by atoms with Crippen molar-refractivity contribution in [2.45, 2.75) is 31.1 Å². The maximum Gasteiger partial charge on any atom is 0.281 e. The Morgan fingerprint density at radius 2 is 1.53 bits per heavy atom. The maximum absolute atomic E-state index is 11.1. The van der Waals surface area contributed by atoms with E-state index < -0.39 is 15.3 Å². The summed E-state index contributed by atoms with van der Waals surface area (Å²) < 4.78 is 4.79. The molecule has 0 unspecified atom stereocenters. The van der Waals surface area contributed by atoms with Crippen LogP contribution in [0.15, 0.2) is 17.0 Å². The van der Waals surface area contributed by atoms with E-state index >= 15 is 0 Å². The molecule has 1 rings (SSSR count). The number of rotatable bonds is 4. The molecule has 0 radical (unpaired) electrons. The van der Waals surface area contributed by atoms with Crippen molar-refractivity contribution < 1.29 is 14.0 Å². The van der Waals surface area contributed by atoms with Crippen LogP contribution in [0.3, 0.4) is 0 Å². The van der Waals surface area contributed by atoms with Gasteiger partial charge in [0.15, 0.2) is 0 Å². The van der Waals surface area contributed by atoms with Crippen molar-refractivity contribution in [1.82, 2.24) is 0 Å². The SMILES string of the molecule is COSc1cc([N+](=O)[O-])c(C(C)(C)C)c([N+](=O)[O-])c1. The van der Waals surface area contributed by atoms with Crippen LogP contribution in [0.5, 0.6) is 0 Å². The van der Waals surface area contributed by atoms with E-state index in [1.165, 1.54) is 19.2 Å². The molecule has 1 aromatic carbocycles. The van der Waals surface area contributed by atoms with Gasteiger partial charge in [0.05, 0.1) is 17.0 Å². The Hall–Kier alpha value is -1.67. The minimum absolute atomic E-state index is 0.114. The van der Waals surface area contributed by atoms with Crippen LogP contribution in [0.4, 0.5) is 11.4 Å². The molecular formula is C11H14N2O5S. The maximum atomic E-state index is 11.1. The highest BCUT2D eigenvalue weighted by Crippen LogP contribution is 2.41. The normalized spacial score (nSPS) is 11.4. The Balaban J connectivity index is 3.66. The molecule has 0 saturated carbocycles. The van der Waals surface area contributed by atoms with Gasteiger partial charge >= 0.3 is 0 Å². The lowest BCUT2D eigenvalue weighted by atomic mass is 9.84. The van der Waals surface area contributed by atoms with Gasteiger partial charge in [-0.05, 0) is 0 Å². The Kier molecular flexibility index (Phi) is 4.48. The smallest absolute Gasteiger partial charge is 0.281 e. The van der Waals surface area contributed by atoms with Gasteiger partial charge in [0.1, 0.15) is 5.56 Å². The van der Waals surface area contributed by atoms with Gasteiger partial charge in [-0.15, -0.1) is 0 Å². The minimum Gasteiger partial charge on any atom is -0.314 e. The molecule has 0 spiro atoms. The quantitative estimate of drug-likeness (QED) is 0.478. The topological polar surface area (TPSA) is 95.5 Å². The summed E-state index contributed by atoms with van der Waals surface area (Å²) in [6.45, 7) is 5.10. The zero-order valence-electron chi connectivity index (χ0n) is 11.0. The number of hydrogen-bond acceptors (Lipinski definition) is 6. The van der Waals surface area contributed by atoms with Gasteiger partial charge < -0.3 is 4.18 Å². The zero-order chi connectivity index (χ0) is 14.8. The molecule has 0 bridgehead atoms. The van der Waals surface area contributed by atoms with Crippen molar-refractivity contribution in [3.63, 3.8) is 0 Å². The van der Waals surface area contributed by atoms with E-state index in [2.05, 4.69) is 0 Å². The summed E-state index contributed by atoms with van der Waals surface area (Å²) in [5.41, 5.74) is -1.12. The van der Waals surface area contributed by atoms with E-state index in [1.54, 1.807) is 20.8 Å². The predicted molar refractivity (Wildman–Crippen MR) is 71.3 cm³/mol. The second kappa shape index (κ2) is 5.54. The molecule has 0 aliphatic heterocycles. The molecule has 0 aromatic heterocycles. The van der Waals surface area contributed by atoms with E-state index in [0.717, 1.165) is 12.0 Å². The lowest BCUT2D eigenvalue weighted by molar-refractivity contribution is -0.396. The first-order chi connectivity index (χ1) is 8.68. The standard InChI is InChI=1S/C11H14N2O5S/c1-11(2,3)10-8(12(14)15)5-7(19-18-4)6-9(10)13(16)17/h5-6H,1-4H3. The fourth-order valence-electron chi connectivity index (χ4n) is 1.79. The summed E-state index contributed by atoms with van der Waals surface area (Å²) in [6.07, 6.45) is 0. The highest BCUT2D eigenvalue weighted by molar-refractivity contribution is 7.94. The van der Waals surface area contributed by atoms with Gasteiger partial charge in [-0.1, -0.05) is 20.8 Å². The molecule has 8 heteroatoms. The van der Waals surface area contributed by atoms with Crippen molar-refractivity contribution >= 4 is 23.4 Å². The molecule has 1 aromatic rings. The average Bonchev–Trinajstić information content (AvgIpc) is 2.26. The highest BCUT2D eigenvalue weighted by atomic mass is 32.2. The summed E-state index contributed by atoms with van der Waals surface area (Å²) in [6, 6.07) is 2.59. The number of nitrogens with zero attached hydrogens (tertiary/aromatic N) is 2. The first-order valence-corrected chi connectivity index (χ1v) is 6.10. The van der Waals surface area contributed by atoms with Crippen LogP contribution in [-0.4, -0.2) is 17.0 Å². The second-order valence-electron chi connectivity index (χ2n) is 4.85. The molecule has 0 N–H and O–H groups in total. The third-order valence-electron chi connectivity index (χ3n) is 2.39. The fraction of sp³-hybridized carbons (Fsp3) is 0.455. The minimum atomic E-state index is -0.707. The van der Waals surface area contributed by atoms with E-state index in [-0.39, 0.29) is 16.9 Å². The van der Waals surface area contributed by atoms with Gasteiger partial charge in [-0.25, -0.2) is 0 Å². The molecule has 0 heterocycles. The van der Waals surface area contributed by atoms with Crippen LogP contribution in [0.25, 0.3) is 0 Å². The first-order valence-electron chi connectivity index (χ1n) is 5.36. The van der Waals surface area contributed by atoms with Crippen LogP contribution < -0.4 is 0 Å². The van der Waals surface area contributed by atoms with Crippen LogP contribution in [0.1, 0.15) is 26.3 Å². The number of nitro groups is 2. The highest BCUT2D eigenvalue weighted by Gasteiger charge is 2.34. The van der Waals surface area contributed by atoms with Crippen molar-refractivity contribution in [3.05, 3.63) is 37.9 Å².